The van der Waals surface area contributed by atoms with E-state index in [1.54, 1.807) is 17.0 Å². The number of nitrogen functional groups attached to an aromatic ring is 1. The summed E-state index contributed by atoms with van der Waals surface area (Å²) in [4.78, 5) is 5.86. The maximum Gasteiger partial charge on any atom is 0.181 e. The molecule has 5 heteroatoms. The van der Waals surface area contributed by atoms with E-state index in [2.05, 4.69) is 4.98 Å². The Morgan fingerprint density at radius 1 is 1.26 bits per heavy atom. The lowest BCUT2D eigenvalue weighted by molar-refractivity contribution is 0.602. The number of oxazole rings is 1. The largest absolute Gasteiger partial charge is 0.443 e. The van der Waals surface area contributed by atoms with Gasteiger partial charge in [-0.1, -0.05) is 6.07 Å². The average Bonchev–Trinajstić information content (AvgIpc) is 2.88. The van der Waals surface area contributed by atoms with Crippen molar-refractivity contribution in [3.63, 3.8) is 0 Å². The number of hydrogen-bond donors (Lipinski definition) is 1. The Balaban J connectivity index is 2.07. The summed E-state index contributed by atoms with van der Waals surface area (Å²) < 4.78 is 18.7. The third kappa shape index (κ3) is 1.89. The predicted octanol–water partition coefficient (Wildman–Crippen LogP) is 3.32. The molecule has 0 saturated heterocycles. The molecule has 1 aromatic heterocycles. The number of halogens is 1. The quantitative estimate of drug-likeness (QED) is 0.715. The number of para-hydroxylation sites is 1. The number of fused-ring (bicyclic) bond motifs is 1. The second-order valence-electron chi connectivity index (χ2n) is 4.24. The van der Waals surface area contributed by atoms with E-state index in [0.717, 1.165) is 11.2 Å². The third-order valence-electron chi connectivity index (χ3n) is 3.09. The van der Waals surface area contributed by atoms with Gasteiger partial charge in [-0.15, -0.1) is 0 Å². The van der Waals surface area contributed by atoms with Crippen LogP contribution in [0.3, 0.4) is 0 Å². The highest BCUT2D eigenvalue weighted by atomic mass is 19.1. The van der Waals surface area contributed by atoms with Gasteiger partial charge in [-0.05, 0) is 24.3 Å². The van der Waals surface area contributed by atoms with Crippen LogP contribution in [0.2, 0.25) is 0 Å². The number of aromatic nitrogens is 1. The summed E-state index contributed by atoms with van der Waals surface area (Å²) in [5.74, 6) is -0.426. The standard InChI is InChI=1S/C14H12FN3O/c1-18(12-4-2-3-10(15)14(12)16)9-5-6-11-13(7-9)19-8-17-11/h2-8H,16H2,1H3. The van der Waals surface area contributed by atoms with Crippen LogP contribution in [0, 0.1) is 5.82 Å². The molecule has 0 amide bonds. The summed E-state index contributed by atoms with van der Waals surface area (Å²) in [5.41, 5.74) is 8.81. The molecule has 96 valence electrons. The Morgan fingerprint density at radius 2 is 2.11 bits per heavy atom. The third-order valence-corrected chi connectivity index (χ3v) is 3.09. The first-order valence-electron chi connectivity index (χ1n) is 5.78. The van der Waals surface area contributed by atoms with Gasteiger partial charge in [-0.25, -0.2) is 9.37 Å². The van der Waals surface area contributed by atoms with Crippen molar-refractivity contribution in [2.75, 3.05) is 17.7 Å². The Hall–Kier alpha value is -2.56. The van der Waals surface area contributed by atoms with E-state index in [0.29, 0.717) is 11.3 Å². The van der Waals surface area contributed by atoms with Crippen LogP contribution in [0.1, 0.15) is 0 Å². The molecule has 1 heterocycles. The SMILES string of the molecule is CN(c1ccc2ncoc2c1)c1cccc(F)c1N. The van der Waals surface area contributed by atoms with E-state index >= 15 is 0 Å². The van der Waals surface area contributed by atoms with E-state index < -0.39 is 5.82 Å². The van der Waals surface area contributed by atoms with Crippen LogP contribution < -0.4 is 10.6 Å². The van der Waals surface area contributed by atoms with E-state index in [1.165, 1.54) is 12.5 Å². The maximum absolute atomic E-state index is 13.5. The number of hydrogen-bond acceptors (Lipinski definition) is 4. The van der Waals surface area contributed by atoms with Crippen molar-refractivity contribution in [3.8, 4) is 0 Å². The number of anilines is 3. The Morgan fingerprint density at radius 3 is 2.95 bits per heavy atom. The first kappa shape index (κ1) is 11.5. The van der Waals surface area contributed by atoms with E-state index in [1.807, 2.05) is 25.2 Å². The van der Waals surface area contributed by atoms with Crippen molar-refractivity contribution >= 4 is 28.2 Å². The van der Waals surface area contributed by atoms with Crippen LogP contribution in [0.15, 0.2) is 47.2 Å². The lowest BCUT2D eigenvalue weighted by Crippen LogP contribution is -2.12. The topological polar surface area (TPSA) is 55.3 Å². The number of nitrogens with zero attached hydrogens (tertiary/aromatic N) is 2. The zero-order chi connectivity index (χ0) is 13.4. The first-order chi connectivity index (χ1) is 9.16. The summed E-state index contributed by atoms with van der Waals surface area (Å²) in [6.45, 7) is 0. The molecule has 0 aliphatic heterocycles. The second kappa shape index (κ2) is 4.28. The molecule has 4 nitrogen and oxygen atoms in total. The van der Waals surface area contributed by atoms with Gasteiger partial charge in [0.1, 0.15) is 11.3 Å². The van der Waals surface area contributed by atoms with E-state index in [9.17, 15) is 4.39 Å². The Kier molecular flexibility index (Phi) is 2.59. The van der Waals surface area contributed by atoms with Gasteiger partial charge in [0.15, 0.2) is 12.0 Å². The minimum absolute atomic E-state index is 0.127. The van der Waals surface area contributed by atoms with Gasteiger partial charge in [0.25, 0.3) is 0 Å². The molecule has 0 radical (unpaired) electrons. The van der Waals surface area contributed by atoms with Crippen molar-refractivity contribution in [2.24, 2.45) is 0 Å². The molecule has 0 unspecified atom stereocenters. The molecule has 0 spiro atoms. The van der Waals surface area contributed by atoms with Crippen molar-refractivity contribution in [3.05, 3.63) is 48.6 Å². The molecule has 0 fully saturated rings. The number of benzene rings is 2. The summed E-state index contributed by atoms with van der Waals surface area (Å²) in [6.07, 6.45) is 1.39. The zero-order valence-corrected chi connectivity index (χ0v) is 10.3. The van der Waals surface area contributed by atoms with E-state index in [4.69, 9.17) is 10.2 Å². The van der Waals surface area contributed by atoms with Crippen LogP contribution in [0.25, 0.3) is 11.1 Å². The van der Waals surface area contributed by atoms with Crippen molar-refractivity contribution in [1.82, 2.24) is 4.98 Å². The van der Waals surface area contributed by atoms with Gasteiger partial charge in [0.05, 0.1) is 11.4 Å². The second-order valence-corrected chi connectivity index (χ2v) is 4.24. The fourth-order valence-corrected chi connectivity index (χ4v) is 2.01. The normalized spacial score (nSPS) is 10.8. The van der Waals surface area contributed by atoms with Crippen LogP contribution in [-0.2, 0) is 0 Å². The summed E-state index contributed by atoms with van der Waals surface area (Å²) in [7, 11) is 1.82. The molecule has 0 saturated carbocycles. The highest BCUT2D eigenvalue weighted by Crippen LogP contribution is 2.31. The molecule has 0 aliphatic carbocycles. The zero-order valence-electron chi connectivity index (χ0n) is 10.3. The van der Waals surface area contributed by atoms with E-state index in [-0.39, 0.29) is 5.69 Å². The fraction of sp³-hybridized carbons (Fsp3) is 0.0714. The molecular formula is C14H12FN3O. The number of nitrogens with two attached hydrogens (primary N) is 1. The monoisotopic (exact) mass is 257 g/mol. The maximum atomic E-state index is 13.5. The smallest absolute Gasteiger partial charge is 0.181 e. The van der Waals surface area contributed by atoms with Gasteiger partial charge in [0, 0.05) is 18.8 Å². The molecule has 0 bridgehead atoms. The van der Waals surface area contributed by atoms with Gasteiger partial charge < -0.3 is 15.1 Å². The first-order valence-corrected chi connectivity index (χ1v) is 5.78. The van der Waals surface area contributed by atoms with Crippen molar-refractivity contribution in [1.29, 1.82) is 0 Å². The summed E-state index contributed by atoms with van der Waals surface area (Å²) in [5, 5.41) is 0. The molecule has 0 aliphatic rings. The van der Waals surface area contributed by atoms with Crippen LogP contribution in [0.4, 0.5) is 21.5 Å². The summed E-state index contributed by atoms with van der Waals surface area (Å²) in [6, 6.07) is 10.3. The Labute approximate surface area is 109 Å². The fourth-order valence-electron chi connectivity index (χ4n) is 2.01. The minimum atomic E-state index is -0.426. The number of rotatable bonds is 2. The molecule has 19 heavy (non-hydrogen) atoms. The lowest BCUT2D eigenvalue weighted by Gasteiger charge is -2.21. The van der Waals surface area contributed by atoms with Gasteiger partial charge in [0.2, 0.25) is 0 Å². The summed E-state index contributed by atoms with van der Waals surface area (Å²) >= 11 is 0. The predicted molar refractivity (Wildman–Crippen MR) is 72.9 cm³/mol. The van der Waals surface area contributed by atoms with Crippen LogP contribution in [0.5, 0.6) is 0 Å². The molecule has 2 N–H and O–H groups in total. The van der Waals surface area contributed by atoms with Crippen molar-refractivity contribution < 1.29 is 8.81 Å². The highest BCUT2D eigenvalue weighted by Gasteiger charge is 2.11. The van der Waals surface area contributed by atoms with Crippen LogP contribution >= 0.6 is 0 Å². The van der Waals surface area contributed by atoms with Gasteiger partial charge >= 0.3 is 0 Å². The molecule has 0 atom stereocenters. The molecule has 3 rings (SSSR count). The van der Waals surface area contributed by atoms with Crippen molar-refractivity contribution in [2.45, 2.75) is 0 Å². The minimum Gasteiger partial charge on any atom is -0.443 e. The Bertz CT molecular complexity index is 738. The van der Waals surface area contributed by atoms with Gasteiger partial charge in [-0.3, -0.25) is 0 Å². The highest BCUT2D eigenvalue weighted by molar-refractivity contribution is 5.81. The molecule has 2 aromatic carbocycles. The molecule has 3 aromatic rings. The van der Waals surface area contributed by atoms with Gasteiger partial charge in [-0.2, -0.15) is 0 Å². The lowest BCUT2D eigenvalue weighted by atomic mass is 10.2. The van der Waals surface area contributed by atoms with Crippen LogP contribution in [-0.4, -0.2) is 12.0 Å². The molecular weight excluding hydrogens is 245 g/mol. The average molecular weight is 257 g/mol.